The van der Waals surface area contributed by atoms with E-state index in [2.05, 4.69) is 23.2 Å². The fourth-order valence-electron chi connectivity index (χ4n) is 4.62. The molecule has 10 heteroatoms. The number of hydrogen-bond donors (Lipinski definition) is 2. The normalized spacial score (nSPS) is 11.0. The molecule has 1 aromatic heterocycles. The van der Waals surface area contributed by atoms with Gasteiger partial charge in [0.05, 0.1) is 21.3 Å². The Balaban J connectivity index is 1.28. The first-order chi connectivity index (χ1) is 20.4. The highest BCUT2D eigenvalue weighted by Crippen LogP contribution is 2.42. The third-order valence-corrected chi connectivity index (χ3v) is 6.85. The number of phenols is 1. The van der Waals surface area contributed by atoms with Crippen molar-refractivity contribution in [1.82, 2.24) is 10.2 Å². The van der Waals surface area contributed by atoms with E-state index in [-0.39, 0.29) is 40.7 Å². The minimum Gasteiger partial charge on any atom is -0.504 e. The van der Waals surface area contributed by atoms with E-state index < -0.39 is 5.43 Å². The van der Waals surface area contributed by atoms with Crippen molar-refractivity contribution in [3.8, 4) is 40.1 Å². The lowest BCUT2D eigenvalue weighted by Crippen LogP contribution is -2.32. The molecule has 42 heavy (non-hydrogen) atoms. The fourth-order valence-corrected chi connectivity index (χ4v) is 4.62. The van der Waals surface area contributed by atoms with E-state index in [0.717, 1.165) is 37.4 Å². The maximum absolute atomic E-state index is 12.8. The predicted molar refractivity (Wildman–Crippen MR) is 160 cm³/mol. The Morgan fingerprint density at radius 2 is 1.71 bits per heavy atom. The molecule has 0 aliphatic carbocycles. The minimum atomic E-state index is -0.427. The zero-order valence-corrected chi connectivity index (χ0v) is 24.3. The second-order valence-corrected chi connectivity index (χ2v) is 9.51. The number of aromatic hydroxyl groups is 1. The molecular formula is C32H36N2O8. The van der Waals surface area contributed by atoms with Gasteiger partial charge in [-0.15, -0.1) is 0 Å². The van der Waals surface area contributed by atoms with Crippen molar-refractivity contribution in [3.63, 3.8) is 0 Å². The number of rotatable bonds is 14. The van der Waals surface area contributed by atoms with Crippen LogP contribution in [-0.4, -0.2) is 63.5 Å². The third kappa shape index (κ3) is 7.13. The molecular weight excluding hydrogens is 540 g/mol. The van der Waals surface area contributed by atoms with Crippen molar-refractivity contribution >= 4 is 16.9 Å². The number of hydrogen-bond acceptors (Lipinski definition) is 9. The first kappa shape index (κ1) is 30.3. The molecule has 4 aromatic rings. The van der Waals surface area contributed by atoms with Crippen molar-refractivity contribution in [2.45, 2.75) is 19.9 Å². The van der Waals surface area contributed by atoms with Crippen LogP contribution in [0.3, 0.4) is 0 Å². The number of benzene rings is 3. The zero-order chi connectivity index (χ0) is 30.1. The third-order valence-electron chi connectivity index (χ3n) is 6.85. The predicted octanol–water partition coefficient (Wildman–Crippen LogP) is 4.60. The lowest BCUT2D eigenvalue weighted by Gasteiger charge is -2.21. The highest BCUT2D eigenvalue weighted by Gasteiger charge is 2.19. The summed E-state index contributed by atoms with van der Waals surface area (Å²) in [6.45, 7) is 5.03. The van der Waals surface area contributed by atoms with E-state index in [4.69, 9.17) is 23.4 Å². The lowest BCUT2D eigenvalue weighted by molar-refractivity contribution is -0.123. The molecule has 0 saturated carbocycles. The molecule has 0 bridgehead atoms. The average Bonchev–Trinajstić information content (AvgIpc) is 3.01. The molecule has 0 aliphatic heterocycles. The maximum Gasteiger partial charge on any atom is 0.257 e. The Morgan fingerprint density at radius 1 is 0.976 bits per heavy atom. The Hall–Kier alpha value is -4.70. The SMILES string of the molecule is CCN(CCCNC(=O)COc1ccc(-c2cc(=O)c3c(O)c(OC)c(OC)cc3o2)cc1)Cc1ccccc1OC. The number of amides is 1. The van der Waals surface area contributed by atoms with Crippen LogP contribution in [0.4, 0.5) is 0 Å². The summed E-state index contributed by atoms with van der Waals surface area (Å²) < 4.78 is 27.4. The highest BCUT2D eigenvalue weighted by atomic mass is 16.5. The summed E-state index contributed by atoms with van der Waals surface area (Å²) in [6, 6.07) is 17.6. The van der Waals surface area contributed by atoms with Gasteiger partial charge in [-0.2, -0.15) is 0 Å². The Morgan fingerprint density at radius 3 is 2.40 bits per heavy atom. The first-order valence-corrected chi connectivity index (χ1v) is 13.6. The average molecular weight is 577 g/mol. The van der Waals surface area contributed by atoms with Crippen LogP contribution in [0.5, 0.6) is 28.7 Å². The van der Waals surface area contributed by atoms with Gasteiger partial charge in [0.2, 0.25) is 5.75 Å². The van der Waals surface area contributed by atoms with Crippen LogP contribution in [0.1, 0.15) is 18.9 Å². The van der Waals surface area contributed by atoms with Crippen molar-refractivity contribution in [3.05, 3.63) is 76.5 Å². The van der Waals surface area contributed by atoms with Crippen LogP contribution >= 0.6 is 0 Å². The van der Waals surface area contributed by atoms with Crippen LogP contribution in [0.25, 0.3) is 22.3 Å². The molecule has 0 fully saturated rings. The number of nitrogens with zero attached hydrogens (tertiary/aromatic N) is 1. The highest BCUT2D eigenvalue weighted by molar-refractivity contribution is 5.89. The number of nitrogens with one attached hydrogen (secondary N) is 1. The number of carbonyl (C=O) groups excluding carboxylic acids is 1. The second kappa shape index (κ2) is 14.3. The molecule has 0 saturated heterocycles. The van der Waals surface area contributed by atoms with Gasteiger partial charge in [-0.05, 0) is 43.3 Å². The van der Waals surface area contributed by atoms with Crippen LogP contribution in [0, 0.1) is 0 Å². The number of methoxy groups -OCH3 is 3. The lowest BCUT2D eigenvalue weighted by atomic mass is 10.1. The molecule has 1 heterocycles. The van der Waals surface area contributed by atoms with Gasteiger partial charge in [-0.1, -0.05) is 25.1 Å². The van der Waals surface area contributed by atoms with Crippen molar-refractivity contribution in [1.29, 1.82) is 0 Å². The standard InChI is InChI=1S/C32H36N2O8/c1-5-34(19-22-9-6-7-10-25(22)38-2)16-8-15-33-29(36)20-41-23-13-11-21(12-14-23)26-17-24(35)30-27(42-26)18-28(39-3)32(40-4)31(30)37/h6-7,9-14,17-18,37H,5,8,15-16,19-20H2,1-4H3,(H,33,36). The summed E-state index contributed by atoms with van der Waals surface area (Å²) in [5.41, 5.74) is 1.48. The van der Waals surface area contributed by atoms with Crippen LogP contribution < -0.4 is 29.7 Å². The molecule has 0 spiro atoms. The van der Waals surface area contributed by atoms with E-state index in [1.165, 1.54) is 26.4 Å². The van der Waals surface area contributed by atoms with E-state index in [1.54, 1.807) is 31.4 Å². The molecule has 0 unspecified atom stereocenters. The van der Waals surface area contributed by atoms with E-state index in [0.29, 0.717) is 23.6 Å². The van der Waals surface area contributed by atoms with Gasteiger partial charge in [0, 0.05) is 42.9 Å². The van der Waals surface area contributed by atoms with Crippen LogP contribution in [0.2, 0.25) is 0 Å². The molecule has 2 N–H and O–H groups in total. The largest absolute Gasteiger partial charge is 0.504 e. The minimum absolute atomic E-state index is 0.00111. The number of para-hydroxylation sites is 1. The van der Waals surface area contributed by atoms with E-state index >= 15 is 0 Å². The monoisotopic (exact) mass is 576 g/mol. The van der Waals surface area contributed by atoms with Gasteiger partial charge >= 0.3 is 0 Å². The molecule has 222 valence electrons. The maximum atomic E-state index is 12.8. The second-order valence-electron chi connectivity index (χ2n) is 9.51. The Labute approximate surface area is 244 Å². The number of carbonyl (C=O) groups is 1. The Kier molecular flexibility index (Phi) is 10.3. The van der Waals surface area contributed by atoms with Gasteiger partial charge < -0.3 is 33.8 Å². The molecule has 1 amide bonds. The molecule has 0 aliphatic rings. The van der Waals surface area contributed by atoms with Gasteiger partial charge in [0.25, 0.3) is 5.91 Å². The Bertz CT molecular complexity index is 1570. The summed E-state index contributed by atoms with van der Waals surface area (Å²) in [4.78, 5) is 27.4. The number of fused-ring (bicyclic) bond motifs is 1. The quantitative estimate of drug-likeness (QED) is 0.208. The summed E-state index contributed by atoms with van der Waals surface area (Å²) in [5.74, 6) is 1.41. The number of phenolic OH excluding ortho intramolecular Hbond substituents is 1. The van der Waals surface area contributed by atoms with Gasteiger partial charge in [0.1, 0.15) is 28.2 Å². The van der Waals surface area contributed by atoms with Crippen molar-refractivity contribution in [2.24, 2.45) is 0 Å². The first-order valence-electron chi connectivity index (χ1n) is 13.6. The summed E-state index contributed by atoms with van der Waals surface area (Å²) in [7, 11) is 4.47. The molecule has 0 atom stereocenters. The van der Waals surface area contributed by atoms with Crippen LogP contribution in [-0.2, 0) is 11.3 Å². The van der Waals surface area contributed by atoms with Crippen LogP contribution in [0.15, 0.2) is 69.9 Å². The summed E-state index contributed by atoms with van der Waals surface area (Å²) in [5, 5.41) is 13.4. The van der Waals surface area contributed by atoms with Gasteiger partial charge in [-0.3, -0.25) is 14.5 Å². The van der Waals surface area contributed by atoms with E-state index in [9.17, 15) is 14.7 Å². The molecule has 0 radical (unpaired) electrons. The number of ether oxygens (including phenoxy) is 4. The molecule has 10 nitrogen and oxygen atoms in total. The molecule has 3 aromatic carbocycles. The zero-order valence-electron chi connectivity index (χ0n) is 24.3. The summed E-state index contributed by atoms with van der Waals surface area (Å²) in [6.07, 6.45) is 0.802. The van der Waals surface area contributed by atoms with Gasteiger partial charge in [0.15, 0.2) is 23.5 Å². The fraction of sp³-hybridized carbons (Fsp3) is 0.312. The van der Waals surface area contributed by atoms with Gasteiger partial charge in [-0.25, -0.2) is 0 Å². The smallest absolute Gasteiger partial charge is 0.257 e. The summed E-state index contributed by atoms with van der Waals surface area (Å²) >= 11 is 0. The van der Waals surface area contributed by atoms with E-state index in [1.807, 2.05) is 18.2 Å². The molecule has 4 rings (SSSR count). The van der Waals surface area contributed by atoms with Crippen molar-refractivity contribution in [2.75, 3.05) is 47.6 Å². The van der Waals surface area contributed by atoms with Crippen molar-refractivity contribution < 1.29 is 33.3 Å². The topological polar surface area (TPSA) is 120 Å².